The predicted molar refractivity (Wildman–Crippen MR) is 106 cm³/mol. The van der Waals surface area contributed by atoms with Crippen molar-refractivity contribution in [3.63, 3.8) is 0 Å². The van der Waals surface area contributed by atoms with E-state index in [-0.39, 0.29) is 6.61 Å². The summed E-state index contributed by atoms with van der Waals surface area (Å²) in [7, 11) is 1.70. The van der Waals surface area contributed by atoms with E-state index < -0.39 is 5.82 Å². The Morgan fingerprint density at radius 1 is 1.27 bits per heavy atom. The lowest BCUT2D eigenvalue weighted by molar-refractivity contribution is 0.266. The number of hydrogen-bond acceptors (Lipinski definition) is 4. The molecule has 0 aliphatic heterocycles. The van der Waals surface area contributed by atoms with Gasteiger partial charge in [-0.25, -0.2) is 4.39 Å². The molecule has 0 spiro atoms. The molecule has 0 bridgehead atoms. The second-order valence-corrected chi connectivity index (χ2v) is 5.89. The van der Waals surface area contributed by atoms with E-state index in [9.17, 15) is 4.39 Å². The first kappa shape index (κ1) is 19.9. The van der Waals surface area contributed by atoms with Crippen molar-refractivity contribution in [2.45, 2.75) is 13.5 Å². The number of nitrogens with one attached hydrogen (secondary N) is 2. The van der Waals surface area contributed by atoms with Crippen LogP contribution in [0.25, 0.3) is 0 Å². The van der Waals surface area contributed by atoms with Gasteiger partial charge in [0.2, 0.25) is 0 Å². The van der Waals surface area contributed by atoms with Crippen molar-refractivity contribution in [2.24, 2.45) is 5.10 Å². The zero-order valence-corrected chi connectivity index (χ0v) is 16.0. The molecule has 0 heterocycles. The van der Waals surface area contributed by atoms with E-state index in [1.54, 1.807) is 43.6 Å². The molecule has 0 unspecified atom stereocenters. The molecular formula is C18H19ClFN3O2S. The summed E-state index contributed by atoms with van der Waals surface area (Å²) in [5.74, 6) is 0.605. The van der Waals surface area contributed by atoms with Crippen molar-refractivity contribution < 1.29 is 13.9 Å². The number of thiocarbonyl (C=S) groups is 1. The number of halogens is 2. The summed E-state index contributed by atoms with van der Waals surface area (Å²) < 4.78 is 25.2. The molecule has 0 aliphatic rings. The van der Waals surface area contributed by atoms with Crippen LogP contribution in [-0.2, 0) is 6.61 Å². The van der Waals surface area contributed by atoms with Crippen LogP contribution in [0.2, 0.25) is 5.02 Å². The van der Waals surface area contributed by atoms with E-state index in [0.29, 0.717) is 33.8 Å². The quantitative estimate of drug-likeness (QED) is 0.423. The maximum Gasteiger partial charge on any atom is 0.186 e. The Balaban J connectivity index is 2.14. The molecule has 0 fully saturated rings. The average Bonchev–Trinajstić information content (AvgIpc) is 2.62. The number of nitrogens with zero attached hydrogens (tertiary/aromatic N) is 1. The first-order chi connectivity index (χ1) is 12.5. The van der Waals surface area contributed by atoms with Crippen molar-refractivity contribution in [1.29, 1.82) is 0 Å². The van der Waals surface area contributed by atoms with Crippen LogP contribution in [0.1, 0.15) is 18.1 Å². The summed E-state index contributed by atoms with van der Waals surface area (Å²) in [5.41, 5.74) is 3.75. The molecule has 5 nitrogen and oxygen atoms in total. The summed E-state index contributed by atoms with van der Waals surface area (Å²) in [6, 6.07) is 9.82. The smallest absolute Gasteiger partial charge is 0.186 e. The first-order valence-electron chi connectivity index (χ1n) is 7.88. The molecule has 26 heavy (non-hydrogen) atoms. The fourth-order valence-corrected chi connectivity index (χ4v) is 2.30. The maximum absolute atomic E-state index is 13.9. The molecule has 0 saturated carbocycles. The van der Waals surface area contributed by atoms with Crippen molar-refractivity contribution >= 4 is 35.1 Å². The van der Waals surface area contributed by atoms with Gasteiger partial charge in [0.1, 0.15) is 12.4 Å². The number of rotatable bonds is 7. The van der Waals surface area contributed by atoms with Gasteiger partial charge in [-0.3, -0.25) is 5.43 Å². The topological polar surface area (TPSA) is 54.9 Å². The van der Waals surface area contributed by atoms with E-state index in [4.69, 9.17) is 33.3 Å². The lowest BCUT2D eigenvalue weighted by atomic mass is 10.2. The monoisotopic (exact) mass is 395 g/mol. The highest BCUT2D eigenvalue weighted by atomic mass is 35.5. The van der Waals surface area contributed by atoms with Crippen LogP contribution in [0.5, 0.6) is 11.5 Å². The van der Waals surface area contributed by atoms with Gasteiger partial charge in [-0.1, -0.05) is 17.7 Å². The van der Waals surface area contributed by atoms with Crippen molar-refractivity contribution in [3.8, 4) is 11.5 Å². The minimum atomic E-state index is -0.411. The standard InChI is InChI=1S/C18H19ClFN3O2S/c1-3-24-17-9-12(10-22-23-18(26)21-2)7-8-16(17)25-11-13-14(19)5-4-6-15(13)20/h4-10H,3,11H2,1-2H3,(H2,21,23,26)/b22-10+. The number of hydrogen-bond donors (Lipinski definition) is 2. The SMILES string of the molecule is CCOc1cc(/C=N/NC(=S)NC)ccc1OCc1c(F)cccc1Cl. The average molecular weight is 396 g/mol. The molecule has 8 heteroatoms. The van der Waals surface area contributed by atoms with Gasteiger partial charge in [-0.15, -0.1) is 0 Å². The minimum Gasteiger partial charge on any atom is -0.490 e. The molecule has 0 aliphatic carbocycles. The predicted octanol–water partition coefficient (Wildman–Crippen LogP) is 3.88. The van der Waals surface area contributed by atoms with Crippen LogP contribution in [0.4, 0.5) is 4.39 Å². The van der Waals surface area contributed by atoms with Gasteiger partial charge in [-0.05, 0) is 55.0 Å². The van der Waals surface area contributed by atoms with E-state index in [1.807, 2.05) is 6.92 Å². The Bertz CT molecular complexity index is 782. The minimum absolute atomic E-state index is 0.00296. The van der Waals surface area contributed by atoms with Gasteiger partial charge in [0.05, 0.1) is 17.8 Å². The lowest BCUT2D eigenvalue weighted by Crippen LogP contribution is -2.28. The summed E-state index contributed by atoms with van der Waals surface area (Å²) in [6.45, 7) is 2.32. The maximum atomic E-state index is 13.9. The molecule has 2 N–H and O–H groups in total. The summed E-state index contributed by atoms with van der Waals surface area (Å²) in [4.78, 5) is 0. The van der Waals surface area contributed by atoms with Crippen molar-refractivity contribution in [2.75, 3.05) is 13.7 Å². The number of ether oxygens (including phenoxy) is 2. The van der Waals surface area contributed by atoms with E-state index in [0.717, 1.165) is 5.56 Å². The number of benzene rings is 2. The second kappa shape index (κ2) is 9.94. The lowest BCUT2D eigenvalue weighted by Gasteiger charge is -2.13. The molecule has 0 saturated heterocycles. The zero-order valence-electron chi connectivity index (χ0n) is 14.4. The highest BCUT2D eigenvalue weighted by Gasteiger charge is 2.11. The highest BCUT2D eigenvalue weighted by Crippen LogP contribution is 2.30. The van der Waals surface area contributed by atoms with Crippen LogP contribution >= 0.6 is 23.8 Å². The Kier molecular flexibility index (Phi) is 7.62. The van der Waals surface area contributed by atoms with Crippen LogP contribution in [-0.4, -0.2) is 25.0 Å². The third-order valence-corrected chi connectivity index (χ3v) is 3.96. The normalized spacial score (nSPS) is 10.6. The molecule has 138 valence electrons. The van der Waals surface area contributed by atoms with Crippen molar-refractivity contribution in [3.05, 3.63) is 58.4 Å². The van der Waals surface area contributed by atoms with Crippen LogP contribution in [0.3, 0.4) is 0 Å². The third kappa shape index (κ3) is 5.57. The molecule has 0 atom stereocenters. The molecule has 0 radical (unpaired) electrons. The Morgan fingerprint density at radius 2 is 2.08 bits per heavy atom. The van der Waals surface area contributed by atoms with Crippen LogP contribution in [0.15, 0.2) is 41.5 Å². The fraction of sp³-hybridized carbons (Fsp3) is 0.222. The molecule has 0 aromatic heterocycles. The van der Waals surface area contributed by atoms with Gasteiger partial charge < -0.3 is 14.8 Å². The molecular weight excluding hydrogens is 377 g/mol. The fourth-order valence-electron chi connectivity index (χ4n) is 2.03. The molecule has 0 amide bonds. The highest BCUT2D eigenvalue weighted by molar-refractivity contribution is 7.80. The van der Waals surface area contributed by atoms with Crippen LogP contribution in [0, 0.1) is 5.82 Å². The second-order valence-electron chi connectivity index (χ2n) is 5.08. The number of hydrazone groups is 1. The summed E-state index contributed by atoms with van der Waals surface area (Å²) in [5, 5.41) is 7.50. The summed E-state index contributed by atoms with van der Waals surface area (Å²) in [6.07, 6.45) is 1.60. The van der Waals surface area contributed by atoms with E-state index in [2.05, 4.69) is 15.8 Å². The van der Waals surface area contributed by atoms with Gasteiger partial charge in [-0.2, -0.15) is 5.10 Å². The van der Waals surface area contributed by atoms with Gasteiger partial charge >= 0.3 is 0 Å². The Morgan fingerprint density at radius 3 is 2.77 bits per heavy atom. The zero-order chi connectivity index (χ0) is 18.9. The largest absolute Gasteiger partial charge is 0.490 e. The Labute approximate surface area is 162 Å². The van der Waals surface area contributed by atoms with E-state index >= 15 is 0 Å². The molecule has 2 rings (SSSR count). The van der Waals surface area contributed by atoms with Gasteiger partial charge in [0.25, 0.3) is 0 Å². The molecule has 2 aromatic carbocycles. The van der Waals surface area contributed by atoms with E-state index in [1.165, 1.54) is 6.07 Å². The first-order valence-corrected chi connectivity index (χ1v) is 8.67. The Hall–Kier alpha value is -2.38. The third-order valence-electron chi connectivity index (χ3n) is 3.31. The van der Waals surface area contributed by atoms with Gasteiger partial charge in [0.15, 0.2) is 16.6 Å². The summed E-state index contributed by atoms with van der Waals surface area (Å²) >= 11 is 11.0. The molecule has 2 aromatic rings. The van der Waals surface area contributed by atoms with Crippen LogP contribution < -0.4 is 20.2 Å². The van der Waals surface area contributed by atoms with Gasteiger partial charge in [0, 0.05) is 12.6 Å². The van der Waals surface area contributed by atoms with Crippen molar-refractivity contribution in [1.82, 2.24) is 10.7 Å².